The highest BCUT2D eigenvalue weighted by Crippen LogP contribution is 2.25. The van der Waals surface area contributed by atoms with Crippen LogP contribution < -0.4 is 5.73 Å². The zero-order chi connectivity index (χ0) is 17.1. The fourth-order valence-corrected chi connectivity index (χ4v) is 3.71. The summed E-state index contributed by atoms with van der Waals surface area (Å²) in [6.07, 6.45) is 3.64. The normalized spacial score (nSPS) is 25.0. The maximum absolute atomic E-state index is 12.6. The molecule has 2 aliphatic rings. The molecule has 3 rings (SSSR count). The van der Waals surface area contributed by atoms with E-state index in [1.54, 1.807) is 9.80 Å². The molecule has 0 bridgehead atoms. The van der Waals surface area contributed by atoms with Gasteiger partial charge in [0, 0.05) is 36.6 Å². The summed E-state index contributed by atoms with van der Waals surface area (Å²) in [7, 11) is 0. The van der Waals surface area contributed by atoms with Gasteiger partial charge in [0.1, 0.15) is 0 Å². The summed E-state index contributed by atoms with van der Waals surface area (Å²) in [6.45, 7) is 1.92. The first-order valence-electron chi connectivity index (χ1n) is 8.59. The molecule has 130 valence electrons. The first-order valence-corrected chi connectivity index (χ1v) is 8.97. The lowest BCUT2D eigenvalue weighted by Crippen LogP contribution is -2.53. The lowest BCUT2D eigenvalue weighted by Gasteiger charge is -2.37. The quantitative estimate of drug-likeness (QED) is 0.908. The molecule has 2 amide bonds. The topological polar surface area (TPSA) is 66.6 Å². The number of amides is 2. The number of nitrogens with zero attached hydrogens (tertiary/aromatic N) is 2. The fourth-order valence-electron chi connectivity index (χ4n) is 3.58. The average Bonchev–Trinajstić information content (AvgIpc) is 2.58. The van der Waals surface area contributed by atoms with E-state index in [0.717, 1.165) is 31.2 Å². The van der Waals surface area contributed by atoms with Crippen molar-refractivity contribution in [3.8, 4) is 0 Å². The maximum Gasteiger partial charge on any atom is 0.242 e. The summed E-state index contributed by atoms with van der Waals surface area (Å²) in [5, 5.41) is 0.686. The largest absolute Gasteiger partial charge is 0.335 e. The van der Waals surface area contributed by atoms with Crippen LogP contribution in [-0.4, -0.2) is 47.3 Å². The molecule has 5 nitrogen and oxygen atoms in total. The van der Waals surface area contributed by atoms with Crippen molar-refractivity contribution >= 4 is 23.4 Å². The van der Waals surface area contributed by atoms with Crippen LogP contribution in [0, 0.1) is 5.92 Å². The van der Waals surface area contributed by atoms with Crippen LogP contribution in [0.2, 0.25) is 5.02 Å². The third kappa shape index (κ3) is 4.08. The van der Waals surface area contributed by atoms with Gasteiger partial charge in [-0.1, -0.05) is 30.2 Å². The molecule has 2 N–H and O–H groups in total. The zero-order valence-electron chi connectivity index (χ0n) is 13.8. The van der Waals surface area contributed by atoms with E-state index in [2.05, 4.69) is 0 Å². The number of carbonyl (C=O) groups excluding carboxylic acids is 2. The molecule has 0 spiro atoms. The molecule has 2 atom stereocenters. The predicted molar refractivity (Wildman–Crippen MR) is 93.4 cm³/mol. The van der Waals surface area contributed by atoms with Gasteiger partial charge in [0.15, 0.2) is 0 Å². The van der Waals surface area contributed by atoms with Crippen molar-refractivity contribution in [1.82, 2.24) is 9.80 Å². The zero-order valence-corrected chi connectivity index (χ0v) is 14.5. The number of hydrogen-bond acceptors (Lipinski definition) is 3. The van der Waals surface area contributed by atoms with Crippen LogP contribution >= 0.6 is 11.6 Å². The third-order valence-corrected chi connectivity index (χ3v) is 5.23. The third-order valence-electron chi connectivity index (χ3n) is 4.98. The number of carbonyl (C=O) groups is 2. The van der Waals surface area contributed by atoms with E-state index in [0.29, 0.717) is 24.7 Å². The van der Waals surface area contributed by atoms with Crippen LogP contribution in [0.1, 0.15) is 31.2 Å². The van der Waals surface area contributed by atoms with E-state index in [-0.39, 0.29) is 30.3 Å². The molecule has 2 unspecified atom stereocenters. The van der Waals surface area contributed by atoms with Crippen molar-refractivity contribution in [3.05, 3.63) is 34.9 Å². The first-order chi connectivity index (χ1) is 11.5. The van der Waals surface area contributed by atoms with E-state index >= 15 is 0 Å². The number of nitrogens with two attached hydrogens (primary N) is 1. The van der Waals surface area contributed by atoms with E-state index in [1.165, 1.54) is 0 Å². The minimum absolute atomic E-state index is 0.00431. The van der Waals surface area contributed by atoms with Crippen LogP contribution in [0.15, 0.2) is 24.3 Å². The summed E-state index contributed by atoms with van der Waals surface area (Å²) in [5.41, 5.74) is 7.03. The van der Waals surface area contributed by atoms with E-state index in [9.17, 15) is 9.59 Å². The molecule has 1 saturated carbocycles. The van der Waals surface area contributed by atoms with Crippen LogP contribution in [0.25, 0.3) is 0 Å². The SMILES string of the molecule is NC1CCCC(C(=O)N2CCN(Cc3ccc(Cl)cc3)C(=O)C2)C1. The van der Waals surface area contributed by atoms with Crippen molar-refractivity contribution in [2.45, 2.75) is 38.3 Å². The Morgan fingerprint density at radius 3 is 2.62 bits per heavy atom. The van der Waals surface area contributed by atoms with Crippen molar-refractivity contribution in [1.29, 1.82) is 0 Å². The second-order valence-corrected chi connectivity index (χ2v) is 7.26. The van der Waals surface area contributed by atoms with Gasteiger partial charge in [-0.05, 0) is 37.0 Å². The van der Waals surface area contributed by atoms with Crippen molar-refractivity contribution in [3.63, 3.8) is 0 Å². The van der Waals surface area contributed by atoms with E-state index in [4.69, 9.17) is 17.3 Å². The van der Waals surface area contributed by atoms with Gasteiger partial charge in [-0.3, -0.25) is 9.59 Å². The molecule has 1 aliphatic carbocycles. The summed E-state index contributed by atoms with van der Waals surface area (Å²) < 4.78 is 0. The Morgan fingerprint density at radius 2 is 1.96 bits per heavy atom. The molecule has 1 aliphatic heterocycles. The van der Waals surface area contributed by atoms with Crippen LogP contribution in [0.4, 0.5) is 0 Å². The minimum atomic E-state index is -0.00985. The second kappa shape index (κ2) is 7.53. The molecular weight excluding hydrogens is 326 g/mol. The molecular formula is C18H24ClN3O2. The molecule has 2 fully saturated rings. The van der Waals surface area contributed by atoms with Gasteiger partial charge in [0.25, 0.3) is 0 Å². The Kier molecular flexibility index (Phi) is 5.41. The van der Waals surface area contributed by atoms with Crippen LogP contribution in [-0.2, 0) is 16.1 Å². The number of piperazine rings is 1. The Labute approximate surface area is 147 Å². The molecule has 24 heavy (non-hydrogen) atoms. The fraction of sp³-hybridized carbons (Fsp3) is 0.556. The standard InChI is InChI=1S/C18H24ClN3O2/c19-15-6-4-13(5-7-15)11-21-8-9-22(12-17(21)23)18(24)14-2-1-3-16(20)10-14/h4-7,14,16H,1-3,8-12,20H2. The van der Waals surface area contributed by atoms with E-state index < -0.39 is 0 Å². The molecule has 1 saturated heterocycles. The van der Waals surface area contributed by atoms with Gasteiger partial charge < -0.3 is 15.5 Å². The highest BCUT2D eigenvalue weighted by molar-refractivity contribution is 6.30. The Morgan fingerprint density at radius 1 is 1.21 bits per heavy atom. The van der Waals surface area contributed by atoms with Crippen molar-refractivity contribution in [2.75, 3.05) is 19.6 Å². The number of hydrogen-bond donors (Lipinski definition) is 1. The highest BCUT2D eigenvalue weighted by atomic mass is 35.5. The molecule has 0 radical (unpaired) electrons. The summed E-state index contributed by atoms with van der Waals surface area (Å²) in [4.78, 5) is 28.6. The molecule has 1 heterocycles. The van der Waals surface area contributed by atoms with Gasteiger partial charge in [-0.2, -0.15) is 0 Å². The van der Waals surface area contributed by atoms with Gasteiger partial charge in [-0.15, -0.1) is 0 Å². The van der Waals surface area contributed by atoms with Gasteiger partial charge in [0.2, 0.25) is 11.8 Å². The number of rotatable bonds is 3. The molecule has 1 aromatic rings. The average molecular weight is 350 g/mol. The Hall–Kier alpha value is -1.59. The summed E-state index contributed by atoms with van der Waals surface area (Å²) >= 11 is 5.89. The predicted octanol–water partition coefficient (Wildman–Crippen LogP) is 2.03. The summed E-state index contributed by atoms with van der Waals surface area (Å²) in [5.74, 6) is 0.0960. The smallest absolute Gasteiger partial charge is 0.242 e. The van der Waals surface area contributed by atoms with Crippen LogP contribution in [0.5, 0.6) is 0 Å². The highest BCUT2D eigenvalue weighted by Gasteiger charge is 2.33. The van der Waals surface area contributed by atoms with Crippen LogP contribution in [0.3, 0.4) is 0 Å². The molecule has 6 heteroatoms. The van der Waals surface area contributed by atoms with E-state index in [1.807, 2.05) is 24.3 Å². The Bertz CT molecular complexity index is 605. The first kappa shape index (κ1) is 17.2. The second-order valence-electron chi connectivity index (χ2n) is 6.83. The maximum atomic E-state index is 12.6. The lowest BCUT2D eigenvalue weighted by molar-refractivity contribution is -0.148. The van der Waals surface area contributed by atoms with Gasteiger partial charge in [-0.25, -0.2) is 0 Å². The Balaban J connectivity index is 1.55. The number of benzene rings is 1. The van der Waals surface area contributed by atoms with Gasteiger partial charge >= 0.3 is 0 Å². The molecule has 0 aromatic heterocycles. The monoisotopic (exact) mass is 349 g/mol. The summed E-state index contributed by atoms with van der Waals surface area (Å²) in [6, 6.07) is 7.63. The number of halogens is 1. The molecule has 1 aromatic carbocycles. The van der Waals surface area contributed by atoms with Gasteiger partial charge in [0.05, 0.1) is 6.54 Å². The van der Waals surface area contributed by atoms with Crippen molar-refractivity contribution < 1.29 is 9.59 Å². The van der Waals surface area contributed by atoms with Crippen molar-refractivity contribution in [2.24, 2.45) is 11.7 Å². The lowest BCUT2D eigenvalue weighted by atomic mass is 9.85. The minimum Gasteiger partial charge on any atom is -0.335 e.